The Balaban J connectivity index is 2.05. The van der Waals surface area contributed by atoms with Crippen molar-refractivity contribution in [3.8, 4) is 0 Å². The Bertz CT molecular complexity index is 403. The number of rotatable bonds is 4. The van der Waals surface area contributed by atoms with Crippen LogP contribution in [0.15, 0.2) is 12.4 Å². The lowest BCUT2D eigenvalue weighted by Crippen LogP contribution is -2.42. The Kier molecular flexibility index (Phi) is 4.92. The third kappa shape index (κ3) is 3.53. The fraction of sp³-hybridized carbons (Fsp3) is 0.750. The molecule has 0 spiro atoms. The van der Waals surface area contributed by atoms with Crippen LogP contribution in [0, 0.1) is 18.8 Å². The highest BCUT2D eigenvalue weighted by Gasteiger charge is 2.28. The molecule has 0 radical (unpaired) electrons. The van der Waals surface area contributed by atoms with Gasteiger partial charge < -0.3 is 5.32 Å². The monoisotopic (exact) mass is 261 g/mol. The lowest BCUT2D eigenvalue weighted by atomic mass is 9.77. The summed E-state index contributed by atoms with van der Waals surface area (Å²) in [6.45, 7) is 8.95. The smallest absolute Gasteiger partial charge is 0.0782 e. The molecule has 106 valence electrons. The zero-order valence-electron chi connectivity index (χ0n) is 12.7. The Morgan fingerprint density at radius 1 is 1.11 bits per heavy atom. The maximum absolute atomic E-state index is 4.49. The van der Waals surface area contributed by atoms with Crippen molar-refractivity contribution in [2.75, 3.05) is 0 Å². The van der Waals surface area contributed by atoms with Gasteiger partial charge in [0, 0.05) is 24.5 Å². The number of nitrogens with zero attached hydrogens (tertiary/aromatic N) is 2. The second-order valence-electron chi connectivity index (χ2n) is 6.21. The van der Waals surface area contributed by atoms with E-state index in [2.05, 4.69) is 36.1 Å². The summed E-state index contributed by atoms with van der Waals surface area (Å²) in [5.74, 6) is 1.56. The molecule has 0 aromatic carbocycles. The highest BCUT2D eigenvalue weighted by atomic mass is 15.0. The van der Waals surface area contributed by atoms with Gasteiger partial charge >= 0.3 is 0 Å². The molecule has 1 aromatic heterocycles. The molecule has 0 bridgehead atoms. The van der Waals surface area contributed by atoms with E-state index in [4.69, 9.17) is 0 Å². The summed E-state index contributed by atoms with van der Waals surface area (Å²) < 4.78 is 0. The first-order valence-electron chi connectivity index (χ1n) is 7.63. The van der Waals surface area contributed by atoms with E-state index in [0.29, 0.717) is 6.04 Å². The molecule has 2 rings (SSSR count). The molecule has 3 atom stereocenters. The van der Waals surface area contributed by atoms with E-state index >= 15 is 0 Å². The first-order chi connectivity index (χ1) is 9.09. The predicted octanol–water partition coefficient (Wildman–Crippen LogP) is 3.65. The van der Waals surface area contributed by atoms with Gasteiger partial charge in [-0.1, -0.05) is 26.7 Å². The average molecular weight is 261 g/mol. The van der Waals surface area contributed by atoms with E-state index in [-0.39, 0.29) is 6.04 Å². The van der Waals surface area contributed by atoms with Crippen molar-refractivity contribution in [3.05, 3.63) is 23.8 Å². The fourth-order valence-electron chi connectivity index (χ4n) is 3.41. The summed E-state index contributed by atoms with van der Waals surface area (Å²) in [4.78, 5) is 8.83. The molecule has 1 heterocycles. The second-order valence-corrected chi connectivity index (χ2v) is 6.21. The molecule has 1 aromatic rings. The number of aryl methyl sites for hydroxylation is 1. The minimum absolute atomic E-state index is 0.290. The van der Waals surface area contributed by atoms with Crippen molar-refractivity contribution in [2.45, 2.75) is 65.5 Å². The van der Waals surface area contributed by atoms with Crippen molar-refractivity contribution in [1.82, 2.24) is 15.3 Å². The van der Waals surface area contributed by atoms with E-state index in [1.54, 1.807) is 12.4 Å². The number of nitrogens with one attached hydrogen (secondary N) is 1. The highest BCUT2D eigenvalue weighted by molar-refractivity contribution is 5.12. The molecule has 0 aliphatic heterocycles. The average Bonchev–Trinajstić information content (AvgIpc) is 2.39. The van der Waals surface area contributed by atoms with Crippen molar-refractivity contribution in [3.63, 3.8) is 0 Å². The van der Waals surface area contributed by atoms with Crippen LogP contribution in [0.4, 0.5) is 0 Å². The quantitative estimate of drug-likeness (QED) is 0.899. The van der Waals surface area contributed by atoms with E-state index in [1.165, 1.54) is 25.7 Å². The molecular formula is C16H27N3. The SMILES string of the molecule is Cc1nccnc1C(C)NC1CCCCC1C(C)C. The molecule has 1 aliphatic rings. The standard InChI is InChI=1S/C16H27N3/c1-11(2)14-7-5-6-8-15(14)19-13(4)16-12(3)17-9-10-18-16/h9-11,13-15,19H,5-8H2,1-4H3. The van der Waals surface area contributed by atoms with Crippen LogP contribution in [0.3, 0.4) is 0 Å². The molecule has 3 heteroatoms. The summed E-state index contributed by atoms with van der Waals surface area (Å²) >= 11 is 0. The molecule has 1 N–H and O–H groups in total. The van der Waals surface area contributed by atoms with Crippen molar-refractivity contribution < 1.29 is 0 Å². The lowest BCUT2D eigenvalue weighted by molar-refractivity contribution is 0.194. The molecule has 19 heavy (non-hydrogen) atoms. The van der Waals surface area contributed by atoms with Gasteiger partial charge in [-0.2, -0.15) is 0 Å². The van der Waals surface area contributed by atoms with Gasteiger partial charge in [0.25, 0.3) is 0 Å². The van der Waals surface area contributed by atoms with Crippen LogP contribution in [0.25, 0.3) is 0 Å². The largest absolute Gasteiger partial charge is 0.306 e. The molecular weight excluding hydrogens is 234 g/mol. The van der Waals surface area contributed by atoms with Crippen molar-refractivity contribution in [1.29, 1.82) is 0 Å². The summed E-state index contributed by atoms with van der Waals surface area (Å²) in [7, 11) is 0. The van der Waals surface area contributed by atoms with Crippen LogP contribution in [0.5, 0.6) is 0 Å². The Labute approximate surface area is 117 Å². The second kappa shape index (κ2) is 6.47. The molecule has 1 aliphatic carbocycles. The van der Waals surface area contributed by atoms with Crippen molar-refractivity contribution in [2.24, 2.45) is 11.8 Å². The number of aromatic nitrogens is 2. The van der Waals surface area contributed by atoms with Gasteiger partial charge in [-0.15, -0.1) is 0 Å². The van der Waals surface area contributed by atoms with E-state index < -0.39 is 0 Å². The van der Waals surface area contributed by atoms with E-state index in [9.17, 15) is 0 Å². The Hall–Kier alpha value is -0.960. The van der Waals surface area contributed by atoms with E-state index in [1.807, 2.05) is 6.92 Å². The van der Waals surface area contributed by atoms with Crippen LogP contribution in [-0.4, -0.2) is 16.0 Å². The zero-order chi connectivity index (χ0) is 13.8. The normalized spacial score (nSPS) is 25.5. The first-order valence-corrected chi connectivity index (χ1v) is 7.63. The van der Waals surface area contributed by atoms with Gasteiger partial charge in [0.2, 0.25) is 0 Å². The summed E-state index contributed by atoms with van der Waals surface area (Å²) in [6.07, 6.45) is 8.96. The summed E-state index contributed by atoms with van der Waals surface area (Å²) in [5, 5.41) is 3.80. The highest BCUT2D eigenvalue weighted by Crippen LogP contribution is 2.31. The first kappa shape index (κ1) is 14.4. The fourth-order valence-corrected chi connectivity index (χ4v) is 3.41. The Morgan fingerprint density at radius 2 is 1.79 bits per heavy atom. The predicted molar refractivity (Wildman–Crippen MR) is 78.9 cm³/mol. The lowest BCUT2D eigenvalue weighted by Gasteiger charge is -2.36. The van der Waals surface area contributed by atoms with Gasteiger partial charge in [0.05, 0.1) is 11.4 Å². The van der Waals surface area contributed by atoms with E-state index in [0.717, 1.165) is 23.2 Å². The molecule has 0 saturated heterocycles. The summed E-state index contributed by atoms with van der Waals surface area (Å²) in [6, 6.07) is 0.920. The molecule has 0 amide bonds. The molecule has 1 saturated carbocycles. The minimum atomic E-state index is 0.290. The topological polar surface area (TPSA) is 37.8 Å². The number of hydrogen-bond acceptors (Lipinski definition) is 3. The van der Waals surface area contributed by atoms with Crippen LogP contribution in [0.2, 0.25) is 0 Å². The minimum Gasteiger partial charge on any atom is -0.306 e. The molecule has 3 unspecified atom stereocenters. The van der Waals surface area contributed by atoms with Crippen LogP contribution in [0.1, 0.15) is 63.9 Å². The number of hydrogen-bond donors (Lipinski definition) is 1. The molecule has 3 nitrogen and oxygen atoms in total. The van der Waals surface area contributed by atoms with Crippen molar-refractivity contribution >= 4 is 0 Å². The zero-order valence-corrected chi connectivity index (χ0v) is 12.7. The maximum atomic E-state index is 4.49. The van der Waals surface area contributed by atoms with Gasteiger partial charge in [-0.3, -0.25) is 9.97 Å². The molecule has 1 fully saturated rings. The van der Waals surface area contributed by atoms with Gasteiger partial charge in [-0.25, -0.2) is 0 Å². The third-order valence-corrected chi connectivity index (χ3v) is 4.47. The Morgan fingerprint density at radius 3 is 2.47 bits per heavy atom. The summed E-state index contributed by atoms with van der Waals surface area (Å²) in [5.41, 5.74) is 2.13. The van der Waals surface area contributed by atoms with Gasteiger partial charge in [0.15, 0.2) is 0 Å². The van der Waals surface area contributed by atoms with Gasteiger partial charge in [0.1, 0.15) is 0 Å². The van der Waals surface area contributed by atoms with Crippen LogP contribution >= 0.6 is 0 Å². The maximum Gasteiger partial charge on any atom is 0.0782 e. The van der Waals surface area contributed by atoms with Gasteiger partial charge in [-0.05, 0) is 38.5 Å². The third-order valence-electron chi connectivity index (χ3n) is 4.47. The van der Waals surface area contributed by atoms with Crippen LogP contribution in [-0.2, 0) is 0 Å². The van der Waals surface area contributed by atoms with Crippen LogP contribution < -0.4 is 5.32 Å².